The standard InChI is InChI=1S/C13H13F2NO2/c1-2-4-8-7-10(17)9-5-3-6-11(12(9)16-8)18-13(14)15/h3,5-7,13H,2,4H2,1H3,(H,16,17). The molecule has 0 radical (unpaired) electrons. The number of benzene rings is 1. The molecule has 0 fully saturated rings. The maximum atomic E-state index is 12.3. The first-order valence-corrected chi connectivity index (χ1v) is 5.71. The van der Waals surface area contributed by atoms with E-state index < -0.39 is 6.61 Å². The van der Waals surface area contributed by atoms with Gasteiger partial charge in [0.05, 0.1) is 5.52 Å². The van der Waals surface area contributed by atoms with Crippen molar-refractivity contribution in [1.82, 2.24) is 4.98 Å². The fourth-order valence-corrected chi connectivity index (χ4v) is 1.90. The Morgan fingerprint density at radius 3 is 2.83 bits per heavy atom. The molecular formula is C13H13F2NO2. The Hall–Kier alpha value is -1.91. The molecule has 2 aromatic rings. The molecule has 96 valence electrons. The highest BCUT2D eigenvalue weighted by molar-refractivity contribution is 5.84. The normalized spacial score (nSPS) is 11.1. The molecule has 0 saturated heterocycles. The molecule has 2 rings (SSSR count). The third kappa shape index (κ3) is 2.50. The van der Waals surface area contributed by atoms with E-state index in [2.05, 4.69) is 9.72 Å². The third-order valence-corrected chi connectivity index (χ3v) is 2.62. The van der Waals surface area contributed by atoms with Gasteiger partial charge < -0.3 is 9.72 Å². The van der Waals surface area contributed by atoms with Gasteiger partial charge in [0.15, 0.2) is 5.43 Å². The van der Waals surface area contributed by atoms with Crippen molar-refractivity contribution in [1.29, 1.82) is 0 Å². The van der Waals surface area contributed by atoms with Gasteiger partial charge in [-0.15, -0.1) is 0 Å². The summed E-state index contributed by atoms with van der Waals surface area (Å²) in [6.07, 6.45) is 1.55. The number of nitrogens with one attached hydrogen (secondary N) is 1. The second-order valence-electron chi connectivity index (χ2n) is 3.97. The Balaban J connectivity index is 2.62. The van der Waals surface area contributed by atoms with Crippen molar-refractivity contribution in [3.8, 4) is 5.75 Å². The van der Waals surface area contributed by atoms with E-state index in [4.69, 9.17) is 0 Å². The van der Waals surface area contributed by atoms with E-state index in [0.717, 1.165) is 12.1 Å². The van der Waals surface area contributed by atoms with Crippen LogP contribution in [0.1, 0.15) is 19.0 Å². The number of ether oxygens (including phenoxy) is 1. The van der Waals surface area contributed by atoms with Gasteiger partial charge in [-0.2, -0.15) is 8.78 Å². The van der Waals surface area contributed by atoms with E-state index in [0.29, 0.717) is 17.3 Å². The highest BCUT2D eigenvalue weighted by Gasteiger charge is 2.11. The lowest BCUT2D eigenvalue weighted by atomic mass is 10.1. The number of fused-ring (bicyclic) bond motifs is 1. The van der Waals surface area contributed by atoms with Crippen LogP contribution in [0.25, 0.3) is 10.9 Å². The molecule has 0 spiro atoms. The van der Waals surface area contributed by atoms with Crippen molar-refractivity contribution in [2.75, 3.05) is 0 Å². The molecule has 0 aliphatic rings. The van der Waals surface area contributed by atoms with Crippen molar-refractivity contribution in [2.45, 2.75) is 26.4 Å². The van der Waals surface area contributed by atoms with Gasteiger partial charge in [-0.1, -0.05) is 19.4 Å². The molecule has 18 heavy (non-hydrogen) atoms. The maximum Gasteiger partial charge on any atom is 0.387 e. The van der Waals surface area contributed by atoms with Crippen LogP contribution >= 0.6 is 0 Å². The number of pyridine rings is 1. The fraction of sp³-hybridized carbons (Fsp3) is 0.308. The van der Waals surface area contributed by atoms with E-state index in [-0.39, 0.29) is 11.2 Å². The quantitative estimate of drug-likeness (QED) is 0.909. The van der Waals surface area contributed by atoms with Gasteiger partial charge in [0.1, 0.15) is 5.75 Å². The number of halogens is 2. The molecule has 0 aliphatic heterocycles. The van der Waals surface area contributed by atoms with Crippen LogP contribution in [0.4, 0.5) is 8.78 Å². The molecular weight excluding hydrogens is 240 g/mol. The SMILES string of the molecule is CCCc1cc(=O)c2cccc(OC(F)F)c2[nH]1. The minimum atomic E-state index is -2.91. The zero-order valence-corrected chi connectivity index (χ0v) is 9.87. The number of hydrogen-bond donors (Lipinski definition) is 1. The predicted octanol–water partition coefficient (Wildman–Crippen LogP) is 3.08. The smallest absolute Gasteiger partial charge is 0.387 e. The molecule has 1 aromatic carbocycles. The van der Waals surface area contributed by atoms with E-state index in [1.54, 1.807) is 6.07 Å². The molecule has 0 atom stereocenters. The topological polar surface area (TPSA) is 42.1 Å². The second-order valence-corrected chi connectivity index (χ2v) is 3.97. The second kappa shape index (κ2) is 5.16. The molecule has 5 heteroatoms. The van der Waals surface area contributed by atoms with Gasteiger partial charge >= 0.3 is 6.61 Å². The summed E-state index contributed by atoms with van der Waals surface area (Å²) in [7, 11) is 0. The number of H-pyrrole nitrogens is 1. The van der Waals surface area contributed by atoms with Crippen LogP contribution in [0.15, 0.2) is 29.1 Å². The number of hydrogen-bond acceptors (Lipinski definition) is 2. The number of alkyl halides is 2. The van der Waals surface area contributed by atoms with Gasteiger partial charge in [-0.3, -0.25) is 4.79 Å². The van der Waals surface area contributed by atoms with Gasteiger partial charge in [0.2, 0.25) is 0 Å². The zero-order chi connectivity index (χ0) is 13.1. The van der Waals surface area contributed by atoms with Crippen LogP contribution < -0.4 is 10.2 Å². The Morgan fingerprint density at radius 1 is 1.39 bits per heavy atom. The summed E-state index contributed by atoms with van der Waals surface area (Å²) in [6, 6.07) is 6.02. The average molecular weight is 253 g/mol. The average Bonchev–Trinajstić information content (AvgIpc) is 2.30. The fourth-order valence-electron chi connectivity index (χ4n) is 1.90. The first-order chi connectivity index (χ1) is 8.61. The van der Waals surface area contributed by atoms with E-state index in [1.807, 2.05) is 6.92 Å². The molecule has 0 unspecified atom stereocenters. The number of para-hydroxylation sites is 1. The summed E-state index contributed by atoms with van der Waals surface area (Å²) in [6.45, 7) is -0.932. The molecule has 3 nitrogen and oxygen atoms in total. The van der Waals surface area contributed by atoms with Crippen LogP contribution in [0.5, 0.6) is 5.75 Å². The van der Waals surface area contributed by atoms with Crippen molar-refractivity contribution in [3.05, 3.63) is 40.2 Å². The molecule has 0 aliphatic carbocycles. The molecule has 0 bridgehead atoms. The predicted molar refractivity (Wildman–Crippen MR) is 65.2 cm³/mol. The molecule has 1 heterocycles. The van der Waals surface area contributed by atoms with Gasteiger partial charge in [-0.05, 0) is 18.6 Å². The first-order valence-electron chi connectivity index (χ1n) is 5.71. The van der Waals surface area contributed by atoms with Crippen LogP contribution in [-0.2, 0) is 6.42 Å². The van der Waals surface area contributed by atoms with Crippen molar-refractivity contribution < 1.29 is 13.5 Å². The Morgan fingerprint density at radius 2 is 2.17 bits per heavy atom. The van der Waals surface area contributed by atoms with Crippen molar-refractivity contribution in [3.63, 3.8) is 0 Å². The number of rotatable bonds is 4. The summed E-state index contributed by atoms with van der Waals surface area (Å²) in [5.41, 5.74) is 0.862. The number of aryl methyl sites for hydroxylation is 1. The zero-order valence-electron chi connectivity index (χ0n) is 9.87. The molecule has 0 saturated carbocycles. The van der Waals surface area contributed by atoms with Gasteiger partial charge in [0, 0.05) is 17.1 Å². The lowest BCUT2D eigenvalue weighted by molar-refractivity contribution is -0.0489. The molecule has 0 amide bonds. The van der Waals surface area contributed by atoms with Gasteiger partial charge in [0.25, 0.3) is 0 Å². The Kier molecular flexibility index (Phi) is 3.60. The third-order valence-electron chi connectivity index (χ3n) is 2.62. The highest BCUT2D eigenvalue weighted by atomic mass is 19.3. The summed E-state index contributed by atoms with van der Waals surface area (Å²) >= 11 is 0. The van der Waals surface area contributed by atoms with E-state index >= 15 is 0 Å². The van der Waals surface area contributed by atoms with E-state index in [1.165, 1.54) is 18.2 Å². The van der Waals surface area contributed by atoms with E-state index in [9.17, 15) is 13.6 Å². The number of aromatic nitrogens is 1. The first kappa shape index (κ1) is 12.5. The molecule has 1 aromatic heterocycles. The Labute approximate surface area is 102 Å². The lowest BCUT2D eigenvalue weighted by Crippen LogP contribution is -2.08. The van der Waals surface area contributed by atoms with Crippen LogP contribution in [-0.4, -0.2) is 11.6 Å². The number of aromatic amines is 1. The minimum Gasteiger partial charge on any atom is -0.433 e. The monoisotopic (exact) mass is 253 g/mol. The largest absolute Gasteiger partial charge is 0.433 e. The Bertz CT molecular complexity index is 607. The lowest BCUT2D eigenvalue weighted by Gasteiger charge is -2.09. The highest BCUT2D eigenvalue weighted by Crippen LogP contribution is 2.23. The maximum absolute atomic E-state index is 12.3. The minimum absolute atomic E-state index is 0.00227. The van der Waals surface area contributed by atoms with Crippen LogP contribution in [0.3, 0.4) is 0 Å². The van der Waals surface area contributed by atoms with Crippen LogP contribution in [0.2, 0.25) is 0 Å². The van der Waals surface area contributed by atoms with Crippen molar-refractivity contribution in [2.24, 2.45) is 0 Å². The summed E-state index contributed by atoms with van der Waals surface area (Å²) in [5, 5.41) is 0.355. The summed E-state index contributed by atoms with van der Waals surface area (Å²) in [5.74, 6) is -0.00227. The summed E-state index contributed by atoms with van der Waals surface area (Å²) < 4.78 is 29.0. The van der Waals surface area contributed by atoms with Crippen molar-refractivity contribution >= 4 is 10.9 Å². The summed E-state index contributed by atoms with van der Waals surface area (Å²) in [4.78, 5) is 14.8. The van der Waals surface area contributed by atoms with Crippen LogP contribution in [0, 0.1) is 0 Å². The van der Waals surface area contributed by atoms with Gasteiger partial charge in [-0.25, -0.2) is 0 Å². The molecule has 1 N–H and O–H groups in total.